The highest BCUT2D eigenvalue weighted by Crippen LogP contribution is 2.55. The average molecular weight is 261 g/mol. The summed E-state index contributed by atoms with van der Waals surface area (Å²) in [6.07, 6.45) is 8.46. The zero-order chi connectivity index (χ0) is 14.6. The van der Waals surface area contributed by atoms with Gasteiger partial charge in [0.25, 0.3) is 0 Å². The molecule has 1 aliphatic carbocycles. The molecule has 0 spiro atoms. The maximum atomic E-state index is 4.15. The van der Waals surface area contributed by atoms with Crippen molar-refractivity contribution in [3.05, 3.63) is 35.6 Å². The molecule has 1 nitrogen and oxygen atoms in total. The summed E-state index contributed by atoms with van der Waals surface area (Å²) in [5, 5.41) is 0. The molecule has 1 fully saturated rings. The number of allylic oxidation sites excluding steroid dienone is 4. The Balaban J connectivity index is 2.38. The Hall–Kier alpha value is -0.980. The molecule has 0 aromatic carbocycles. The Morgan fingerprint density at radius 3 is 2.42 bits per heavy atom. The molecule has 2 unspecified atom stereocenters. The number of hydrogen-bond acceptors (Lipinski definition) is 1. The predicted molar refractivity (Wildman–Crippen MR) is 86.1 cm³/mol. The summed E-state index contributed by atoms with van der Waals surface area (Å²) in [5.74, 6) is 0.838. The molecule has 0 N–H and O–H groups in total. The Morgan fingerprint density at radius 2 is 1.89 bits per heavy atom. The first-order valence-corrected chi connectivity index (χ1v) is 7.43. The van der Waals surface area contributed by atoms with Gasteiger partial charge in [-0.3, -0.25) is 0 Å². The van der Waals surface area contributed by atoms with Crippen molar-refractivity contribution in [2.45, 2.75) is 53.9 Å². The largest absolute Gasteiger partial charge is 0.375 e. The van der Waals surface area contributed by atoms with E-state index in [1.807, 2.05) is 0 Å². The summed E-state index contributed by atoms with van der Waals surface area (Å²) in [5.41, 5.74) is 4.46. The van der Waals surface area contributed by atoms with Crippen LogP contribution in [0.15, 0.2) is 35.6 Å². The van der Waals surface area contributed by atoms with Crippen molar-refractivity contribution >= 4 is 0 Å². The molecule has 2 atom stereocenters. The van der Waals surface area contributed by atoms with E-state index in [1.165, 1.54) is 30.4 Å². The Labute approximate surface area is 120 Å². The van der Waals surface area contributed by atoms with Crippen LogP contribution in [0.1, 0.15) is 53.9 Å². The van der Waals surface area contributed by atoms with Gasteiger partial charge in [-0.1, -0.05) is 30.7 Å². The van der Waals surface area contributed by atoms with E-state index < -0.39 is 0 Å². The molecule has 0 aliphatic heterocycles. The molecule has 1 aliphatic rings. The van der Waals surface area contributed by atoms with E-state index in [1.54, 1.807) is 0 Å². The highest BCUT2D eigenvalue weighted by Gasteiger charge is 2.49. The number of rotatable bonds is 7. The lowest BCUT2D eigenvalue weighted by molar-refractivity contribution is 0.358. The van der Waals surface area contributed by atoms with Crippen LogP contribution in [0.4, 0.5) is 0 Å². The van der Waals surface area contributed by atoms with Gasteiger partial charge in [0.15, 0.2) is 0 Å². The van der Waals surface area contributed by atoms with Gasteiger partial charge in [0.05, 0.1) is 0 Å². The molecular weight excluding hydrogens is 230 g/mol. The second kappa shape index (κ2) is 6.45. The molecule has 0 heterocycles. The van der Waals surface area contributed by atoms with E-state index in [0.29, 0.717) is 5.41 Å². The highest BCUT2D eigenvalue weighted by atomic mass is 15.1. The highest BCUT2D eigenvalue weighted by molar-refractivity contribution is 5.17. The maximum Gasteiger partial charge on any atom is 0.0289 e. The van der Waals surface area contributed by atoms with Gasteiger partial charge in [-0.05, 0) is 64.4 Å². The van der Waals surface area contributed by atoms with E-state index in [4.69, 9.17) is 0 Å². The van der Waals surface area contributed by atoms with E-state index in [2.05, 4.69) is 65.3 Å². The lowest BCUT2D eigenvalue weighted by atomic mass is 9.98. The fourth-order valence-electron chi connectivity index (χ4n) is 2.68. The maximum absolute atomic E-state index is 4.15. The van der Waals surface area contributed by atoms with Crippen LogP contribution in [0.25, 0.3) is 0 Å². The Bertz CT molecular complexity index is 380. The topological polar surface area (TPSA) is 3.24 Å². The van der Waals surface area contributed by atoms with E-state index in [0.717, 1.165) is 18.2 Å². The minimum absolute atomic E-state index is 0.561. The average Bonchev–Trinajstić information content (AvgIpc) is 2.87. The SMILES string of the molecule is C=C(C=C(C)C)N(C)CC1CC1(C)CCC=C(C)C. The molecule has 0 aromatic heterocycles. The summed E-state index contributed by atoms with van der Waals surface area (Å²) < 4.78 is 0. The third kappa shape index (κ3) is 5.26. The van der Waals surface area contributed by atoms with Crippen molar-refractivity contribution in [2.75, 3.05) is 13.6 Å². The Morgan fingerprint density at radius 1 is 1.26 bits per heavy atom. The minimum Gasteiger partial charge on any atom is -0.375 e. The van der Waals surface area contributed by atoms with Crippen LogP contribution in [-0.2, 0) is 0 Å². The molecule has 1 heteroatoms. The fourth-order valence-corrected chi connectivity index (χ4v) is 2.68. The first-order valence-electron chi connectivity index (χ1n) is 7.43. The molecule has 108 valence electrons. The smallest absolute Gasteiger partial charge is 0.0289 e. The fraction of sp³-hybridized carbons (Fsp3) is 0.667. The van der Waals surface area contributed by atoms with Crippen LogP contribution in [0, 0.1) is 11.3 Å². The first kappa shape index (κ1) is 16.1. The molecule has 0 aromatic rings. The van der Waals surface area contributed by atoms with Crippen molar-refractivity contribution in [2.24, 2.45) is 11.3 Å². The van der Waals surface area contributed by atoms with Crippen LogP contribution >= 0.6 is 0 Å². The first-order chi connectivity index (χ1) is 8.74. The van der Waals surface area contributed by atoms with Gasteiger partial charge in [-0.2, -0.15) is 0 Å². The van der Waals surface area contributed by atoms with Crippen LogP contribution in [0.5, 0.6) is 0 Å². The zero-order valence-corrected chi connectivity index (χ0v) is 13.7. The molecule has 0 radical (unpaired) electrons. The normalized spacial score (nSPS) is 24.6. The van der Waals surface area contributed by atoms with Gasteiger partial charge in [0.1, 0.15) is 0 Å². The third-order valence-corrected chi connectivity index (χ3v) is 4.25. The number of likely N-dealkylation sites (N-methyl/N-ethyl adjacent to an activating group) is 1. The summed E-state index contributed by atoms with van der Waals surface area (Å²) in [6.45, 7) is 16.4. The van der Waals surface area contributed by atoms with Crippen LogP contribution in [0.2, 0.25) is 0 Å². The van der Waals surface area contributed by atoms with Crippen molar-refractivity contribution in [3.63, 3.8) is 0 Å². The molecule has 1 rings (SSSR count). The van der Waals surface area contributed by atoms with Crippen LogP contribution in [-0.4, -0.2) is 18.5 Å². The summed E-state index contributed by atoms with van der Waals surface area (Å²) >= 11 is 0. The van der Waals surface area contributed by atoms with Gasteiger partial charge in [-0.25, -0.2) is 0 Å². The summed E-state index contributed by atoms with van der Waals surface area (Å²) in [7, 11) is 2.16. The van der Waals surface area contributed by atoms with Gasteiger partial charge in [0, 0.05) is 19.3 Å². The van der Waals surface area contributed by atoms with Gasteiger partial charge >= 0.3 is 0 Å². The lowest BCUT2D eigenvalue weighted by Crippen LogP contribution is -2.21. The van der Waals surface area contributed by atoms with Crippen molar-refractivity contribution in [1.82, 2.24) is 4.90 Å². The predicted octanol–water partition coefficient (Wildman–Crippen LogP) is 5.17. The van der Waals surface area contributed by atoms with Crippen molar-refractivity contribution in [1.29, 1.82) is 0 Å². The number of hydrogen-bond donors (Lipinski definition) is 0. The van der Waals surface area contributed by atoms with E-state index in [9.17, 15) is 0 Å². The molecule has 0 bridgehead atoms. The van der Waals surface area contributed by atoms with Gasteiger partial charge < -0.3 is 4.90 Å². The molecule has 0 amide bonds. The van der Waals surface area contributed by atoms with Gasteiger partial charge in [-0.15, -0.1) is 0 Å². The van der Waals surface area contributed by atoms with Crippen LogP contribution < -0.4 is 0 Å². The summed E-state index contributed by atoms with van der Waals surface area (Å²) in [4.78, 5) is 2.31. The minimum atomic E-state index is 0.561. The quantitative estimate of drug-likeness (QED) is 0.451. The molecule has 1 saturated carbocycles. The van der Waals surface area contributed by atoms with E-state index in [-0.39, 0.29) is 0 Å². The monoisotopic (exact) mass is 261 g/mol. The van der Waals surface area contributed by atoms with Gasteiger partial charge in [0.2, 0.25) is 0 Å². The Kier molecular flexibility index (Phi) is 5.46. The third-order valence-electron chi connectivity index (χ3n) is 4.25. The van der Waals surface area contributed by atoms with Crippen molar-refractivity contribution < 1.29 is 0 Å². The van der Waals surface area contributed by atoms with Crippen molar-refractivity contribution in [3.8, 4) is 0 Å². The summed E-state index contributed by atoms with van der Waals surface area (Å²) in [6, 6.07) is 0. The van der Waals surface area contributed by atoms with E-state index >= 15 is 0 Å². The molecule has 19 heavy (non-hydrogen) atoms. The second-order valence-electron chi connectivity index (χ2n) is 6.97. The lowest BCUT2D eigenvalue weighted by Gasteiger charge is -2.21. The van der Waals surface area contributed by atoms with Crippen LogP contribution in [0.3, 0.4) is 0 Å². The second-order valence-corrected chi connectivity index (χ2v) is 6.97. The zero-order valence-electron chi connectivity index (χ0n) is 13.7. The molecule has 0 saturated heterocycles. The standard InChI is InChI=1S/C18H31N/c1-14(2)9-8-10-18(6)12-17(18)13-19(7)16(5)11-15(3)4/h9,11,17H,5,8,10,12-13H2,1-4,6-7H3. The molecular formula is C18H31N. The number of nitrogens with zero attached hydrogens (tertiary/aromatic N) is 1.